The molecule has 3 rings (SSSR count). The van der Waals surface area contributed by atoms with Crippen LogP contribution in [0.2, 0.25) is 0 Å². The molecule has 2 aliphatic heterocycles. The van der Waals surface area contributed by atoms with Crippen LogP contribution >= 0.6 is 0 Å². The molecule has 1 aromatic carbocycles. The van der Waals surface area contributed by atoms with Gasteiger partial charge in [-0.05, 0) is 31.4 Å². The van der Waals surface area contributed by atoms with E-state index in [1.165, 1.54) is 7.11 Å². The lowest BCUT2D eigenvalue weighted by Gasteiger charge is -2.40. The van der Waals surface area contributed by atoms with E-state index < -0.39 is 6.09 Å². The Bertz CT molecular complexity index is 617. The zero-order valence-corrected chi connectivity index (χ0v) is 16.0. The molecule has 2 amide bonds. The van der Waals surface area contributed by atoms with Crippen LogP contribution in [0.4, 0.5) is 4.79 Å². The largest absolute Gasteiger partial charge is 0.492 e. The molecule has 0 bridgehead atoms. The number of nitrogens with zero attached hydrogens (tertiary/aromatic N) is 3. The highest BCUT2D eigenvalue weighted by Crippen LogP contribution is 2.20. The number of para-hydroxylation sites is 1. The maximum absolute atomic E-state index is 12.9. The molecule has 0 radical (unpaired) electrons. The molecular weight excluding hydrogens is 346 g/mol. The Morgan fingerprint density at radius 2 is 1.78 bits per heavy atom. The molecule has 148 valence electrons. The topological polar surface area (TPSA) is 62.3 Å². The van der Waals surface area contributed by atoms with Crippen molar-refractivity contribution in [2.24, 2.45) is 0 Å². The molecule has 1 atom stereocenters. The number of benzene rings is 1. The van der Waals surface area contributed by atoms with E-state index >= 15 is 0 Å². The van der Waals surface area contributed by atoms with Gasteiger partial charge in [0.25, 0.3) is 0 Å². The Labute approximate surface area is 160 Å². The van der Waals surface area contributed by atoms with Gasteiger partial charge < -0.3 is 14.4 Å². The van der Waals surface area contributed by atoms with Gasteiger partial charge in [0.2, 0.25) is 5.91 Å². The molecule has 7 nitrogen and oxygen atoms in total. The summed E-state index contributed by atoms with van der Waals surface area (Å²) >= 11 is 0. The summed E-state index contributed by atoms with van der Waals surface area (Å²) in [5.41, 5.74) is 0. The van der Waals surface area contributed by atoms with Gasteiger partial charge in [-0.25, -0.2) is 4.79 Å². The van der Waals surface area contributed by atoms with Gasteiger partial charge in [0, 0.05) is 39.3 Å². The van der Waals surface area contributed by atoms with Crippen LogP contribution in [0.25, 0.3) is 0 Å². The lowest BCUT2D eigenvalue weighted by molar-refractivity contribution is -0.139. The van der Waals surface area contributed by atoms with E-state index in [2.05, 4.69) is 4.90 Å². The first-order valence-electron chi connectivity index (χ1n) is 9.72. The second-order valence-corrected chi connectivity index (χ2v) is 7.00. The van der Waals surface area contributed by atoms with Crippen molar-refractivity contribution in [3.05, 3.63) is 30.3 Å². The number of carbonyl (C=O) groups is 2. The molecule has 2 fully saturated rings. The van der Waals surface area contributed by atoms with Gasteiger partial charge in [-0.3, -0.25) is 14.6 Å². The molecule has 0 aliphatic carbocycles. The quantitative estimate of drug-likeness (QED) is 0.786. The highest BCUT2D eigenvalue weighted by molar-refractivity contribution is 5.86. The summed E-state index contributed by atoms with van der Waals surface area (Å²) < 4.78 is 10.6. The molecule has 27 heavy (non-hydrogen) atoms. The summed E-state index contributed by atoms with van der Waals surface area (Å²) in [4.78, 5) is 30.7. The summed E-state index contributed by atoms with van der Waals surface area (Å²) in [6, 6.07) is 9.42. The van der Waals surface area contributed by atoms with Crippen molar-refractivity contribution in [1.82, 2.24) is 14.7 Å². The van der Waals surface area contributed by atoms with E-state index in [0.29, 0.717) is 26.2 Å². The lowest BCUT2D eigenvalue weighted by Crippen LogP contribution is -2.57. The van der Waals surface area contributed by atoms with Gasteiger partial charge in [-0.2, -0.15) is 0 Å². The standard InChI is InChI=1S/C20H29N3O4/c1-26-20(25)23-10-6-5-9-18(23)19(24)22-13-11-21(12-14-22)15-16-27-17-7-3-2-4-8-17/h2-4,7-8,18H,5-6,9-16H2,1H3/t18-/m0/s1. The maximum atomic E-state index is 12.9. The zero-order valence-electron chi connectivity index (χ0n) is 16.0. The summed E-state index contributed by atoms with van der Waals surface area (Å²) in [5.74, 6) is 0.937. The SMILES string of the molecule is COC(=O)N1CCCC[C@H]1C(=O)N1CCN(CCOc2ccccc2)CC1. The van der Waals surface area contributed by atoms with E-state index in [1.807, 2.05) is 35.2 Å². The molecule has 7 heteroatoms. The van der Waals surface area contributed by atoms with Crippen molar-refractivity contribution < 1.29 is 19.1 Å². The Balaban J connectivity index is 1.44. The Hall–Kier alpha value is -2.28. The number of hydrogen-bond donors (Lipinski definition) is 0. The van der Waals surface area contributed by atoms with Gasteiger partial charge in [0.1, 0.15) is 18.4 Å². The average molecular weight is 375 g/mol. The van der Waals surface area contributed by atoms with E-state index in [1.54, 1.807) is 4.90 Å². The smallest absolute Gasteiger partial charge is 0.410 e. The van der Waals surface area contributed by atoms with Crippen LogP contribution in [0, 0.1) is 0 Å². The van der Waals surface area contributed by atoms with Crippen LogP contribution in [-0.2, 0) is 9.53 Å². The lowest BCUT2D eigenvalue weighted by atomic mass is 10.0. The van der Waals surface area contributed by atoms with Crippen molar-refractivity contribution in [2.45, 2.75) is 25.3 Å². The van der Waals surface area contributed by atoms with Crippen LogP contribution in [0.5, 0.6) is 5.75 Å². The number of rotatable bonds is 5. The second-order valence-electron chi connectivity index (χ2n) is 7.00. The molecule has 0 aromatic heterocycles. The van der Waals surface area contributed by atoms with Crippen LogP contribution < -0.4 is 4.74 Å². The van der Waals surface area contributed by atoms with E-state index in [9.17, 15) is 9.59 Å². The number of amides is 2. The average Bonchev–Trinajstić information content (AvgIpc) is 2.74. The van der Waals surface area contributed by atoms with Crippen LogP contribution in [0.1, 0.15) is 19.3 Å². The second kappa shape index (κ2) is 9.60. The van der Waals surface area contributed by atoms with E-state index in [0.717, 1.165) is 44.6 Å². The first kappa shape index (κ1) is 19.5. The number of carbonyl (C=O) groups excluding carboxylic acids is 2. The monoisotopic (exact) mass is 375 g/mol. The number of piperazine rings is 1. The van der Waals surface area contributed by atoms with Gasteiger partial charge in [0.05, 0.1) is 7.11 Å². The van der Waals surface area contributed by atoms with E-state index in [-0.39, 0.29) is 11.9 Å². The Morgan fingerprint density at radius 3 is 2.48 bits per heavy atom. The molecule has 0 unspecified atom stereocenters. The maximum Gasteiger partial charge on any atom is 0.410 e. The zero-order chi connectivity index (χ0) is 19.1. The number of piperidine rings is 1. The molecule has 2 aliphatic rings. The number of likely N-dealkylation sites (tertiary alicyclic amines) is 1. The minimum Gasteiger partial charge on any atom is -0.492 e. The first-order chi connectivity index (χ1) is 13.2. The normalized spacial score (nSPS) is 21.0. The van der Waals surface area contributed by atoms with Crippen LogP contribution in [0.3, 0.4) is 0 Å². The third-order valence-electron chi connectivity index (χ3n) is 5.30. The minimum atomic E-state index is -0.398. The van der Waals surface area contributed by atoms with Gasteiger partial charge in [-0.15, -0.1) is 0 Å². The summed E-state index contributed by atoms with van der Waals surface area (Å²) in [5, 5.41) is 0. The predicted molar refractivity (Wildman–Crippen MR) is 102 cm³/mol. The van der Waals surface area contributed by atoms with Gasteiger partial charge >= 0.3 is 6.09 Å². The first-order valence-corrected chi connectivity index (χ1v) is 9.72. The number of methoxy groups -OCH3 is 1. The van der Waals surface area contributed by atoms with E-state index in [4.69, 9.17) is 9.47 Å². The fourth-order valence-electron chi connectivity index (χ4n) is 3.74. The molecule has 1 aromatic rings. The van der Waals surface area contributed by atoms with Crippen molar-refractivity contribution in [3.8, 4) is 5.75 Å². The van der Waals surface area contributed by atoms with Gasteiger partial charge in [0.15, 0.2) is 0 Å². The molecule has 2 saturated heterocycles. The molecule has 0 spiro atoms. The Kier molecular flexibility index (Phi) is 6.92. The van der Waals surface area contributed by atoms with Crippen molar-refractivity contribution in [2.75, 3.05) is 53.0 Å². The highest BCUT2D eigenvalue weighted by atomic mass is 16.5. The van der Waals surface area contributed by atoms with Gasteiger partial charge in [-0.1, -0.05) is 18.2 Å². The van der Waals surface area contributed by atoms with Crippen LogP contribution in [-0.4, -0.2) is 85.7 Å². The van der Waals surface area contributed by atoms with Crippen molar-refractivity contribution in [3.63, 3.8) is 0 Å². The summed E-state index contributed by atoms with van der Waals surface area (Å²) in [6.07, 6.45) is 2.22. The van der Waals surface area contributed by atoms with Crippen molar-refractivity contribution >= 4 is 12.0 Å². The molecule has 0 saturated carbocycles. The highest BCUT2D eigenvalue weighted by Gasteiger charge is 2.36. The third-order valence-corrected chi connectivity index (χ3v) is 5.30. The Morgan fingerprint density at radius 1 is 1.04 bits per heavy atom. The molecular formula is C20H29N3O4. The third kappa shape index (κ3) is 5.13. The fourth-order valence-corrected chi connectivity index (χ4v) is 3.74. The summed E-state index contributed by atoms with van der Waals surface area (Å²) in [7, 11) is 1.37. The number of hydrogen-bond acceptors (Lipinski definition) is 5. The fraction of sp³-hybridized carbons (Fsp3) is 0.600. The van der Waals surface area contributed by atoms with Crippen molar-refractivity contribution in [1.29, 1.82) is 0 Å². The molecule has 2 heterocycles. The minimum absolute atomic E-state index is 0.0558. The number of ether oxygens (including phenoxy) is 2. The summed E-state index contributed by atoms with van der Waals surface area (Å²) in [6.45, 7) is 5.11. The predicted octanol–water partition coefficient (Wildman–Crippen LogP) is 1.83. The molecule has 0 N–H and O–H groups in total. The van der Waals surface area contributed by atoms with Crippen LogP contribution in [0.15, 0.2) is 30.3 Å².